The second kappa shape index (κ2) is 10.1. The van der Waals surface area contributed by atoms with Crippen molar-refractivity contribution < 1.29 is 17.9 Å². The Hall–Kier alpha value is -3.41. The van der Waals surface area contributed by atoms with Crippen molar-refractivity contribution in [1.82, 2.24) is 23.3 Å². The molecule has 44 heavy (non-hydrogen) atoms. The molecule has 3 atom stereocenters. The number of hydrogen-bond acceptors (Lipinski definition) is 6. The largest absolute Gasteiger partial charge is 0.494 e. The van der Waals surface area contributed by atoms with Gasteiger partial charge in [0.15, 0.2) is 5.82 Å². The number of aryl methyl sites for hydroxylation is 1. The molecule has 5 aliphatic rings. The van der Waals surface area contributed by atoms with E-state index in [1.807, 2.05) is 24.1 Å². The number of rotatable bonds is 7. The Bertz CT molecular complexity index is 1920. The number of hydrogen-bond donors (Lipinski definition) is 1. The van der Waals surface area contributed by atoms with Gasteiger partial charge in [0, 0.05) is 62.2 Å². The van der Waals surface area contributed by atoms with Crippen molar-refractivity contribution in [3.63, 3.8) is 0 Å². The summed E-state index contributed by atoms with van der Waals surface area (Å²) in [7, 11) is 0.457. The molecule has 5 heterocycles. The molecule has 2 saturated carbocycles. The highest BCUT2D eigenvalue weighted by molar-refractivity contribution is 7.88. The molecule has 11 heteroatoms. The van der Waals surface area contributed by atoms with Crippen LogP contribution in [-0.4, -0.2) is 82.7 Å². The average molecular weight is 617 g/mol. The second-order valence-corrected chi connectivity index (χ2v) is 15.5. The third kappa shape index (κ3) is 4.46. The first kappa shape index (κ1) is 28.1. The minimum atomic E-state index is -3.20. The van der Waals surface area contributed by atoms with Crippen LogP contribution in [0.3, 0.4) is 0 Å². The molecule has 3 aliphatic heterocycles. The summed E-state index contributed by atoms with van der Waals surface area (Å²) >= 11 is 0. The van der Waals surface area contributed by atoms with Crippen LogP contribution < -0.4 is 10.5 Å². The van der Waals surface area contributed by atoms with Crippen molar-refractivity contribution in [2.45, 2.75) is 56.7 Å². The fourth-order valence-electron chi connectivity index (χ4n) is 7.91. The topological polar surface area (TPSA) is 116 Å². The molecule has 5 fully saturated rings. The SMILES string of the molecule is COc1cc(C(=O)N2C[C@H]3CC[C@@H]2C[C@@H]3N)cc2nc(-c3cc4cccc(C5CN(S(C)(=O)=O)C5)c4n3CC3CC3)n(C)c12. The molecule has 0 unspecified atom stereocenters. The van der Waals surface area contributed by atoms with Crippen molar-refractivity contribution >= 4 is 37.9 Å². The third-order valence-electron chi connectivity index (χ3n) is 10.6. The van der Waals surface area contributed by atoms with Gasteiger partial charge in [0.2, 0.25) is 10.0 Å². The molecular formula is C33H40N6O4S. The summed E-state index contributed by atoms with van der Waals surface area (Å²) in [6, 6.07) is 12.7. The number of nitrogens with zero attached hydrogens (tertiary/aromatic N) is 5. The van der Waals surface area contributed by atoms with Crippen molar-refractivity contribution in [3.05, 3.63) is 47.5 Å². The van der Waals surface area contributed by atoms with Gasteiger partial charge >= 0.3 is 0 Å². The first-order valence-electron chi connectivity index (χ1n) is 15.8. The summed E-state index contributed by atoms with van der Waals surface area (Å²) in [6.45, 7) is 2.62. The zero-order chi connectivity index (χ0) is 30.5. The Labute approximate surface area is 257 Å². The zero-order valence-corrected chi connectivity index (χ0v) is 26.4. The van der Waals surface area contributed by atoms with Crippen molar-refractivity contribution in [3.8, 4) is 17.3 Å². The molecule has 3 saturated heterocycles. The number of piperidine rings is 2. The lowest BCUT2D eigenvalue weighted by atomic mass is 9.76. The van der Waals surface area contributed by atoms with Crippen LogP contribution in [0.1, 0.15) is 53.9 Å². The minimum absolute atomic E-state index is 0.0233. The predicted molar refractivity (Wildman–Crippen MR) is 170 cm³/mol. The van der Waals surface area contributed by atoms with Crippen LogP contribution in [0.5, 0.6) is 5.75 Å². The quantitative estimate of drug-likeness (QED) is 0.337. The minimum Gasteiger partial charge on any atom is -0.494 e. The van der Waals surface area contributed by atoms with E-state index in [0.717, 1.165) is 53.7 Å². The van der Waals surface area contributed by atoms with E-state index in [9.17, 15) is 13.2 Å². The standard InChI is InChI=1S/C33H40N6O4S/c1-36-31-27(11-22(13-29(31)43-2)33(40)38-18-21-9-10-24(38)14-26(21)34)35-32(36)28-12-20-5-4-6-25(23-16-37(17-23)44(3,41)42)30(20)39(28)15-19-7-8-19/h4-6,11-13,19,21,23-24,26H,7-10,14-18,34H2,1-3H3/t21-,24-,26+/m1/s1. The summed E-state index contributed by atoms with van der Waals surface area (Å²) < 4.78 is 36.1. The molecule has 0 spiro atoms. The normalized spacial score (nSPS) is 24.4. The molecular weight excluding hydrogens is 576 g/mol. The maximum atomic E-state index is 13.8. The van der Waals surface area contributed by atoms with E-state index in [2.05, 4.69) is 33.4 Å². The van der Waals surface area contributed by atoms with Crippen LogP contribution in [0.2, 0.25) is 0 Å². The number of amides is 1. The summed E-state index contributed by atoms with van der Waals surface area (Å²) in [5.41, 5.74) is 11.9. The van der Waals surface area contributed by atoms with Gasteiger partial charge < -0.3 is 24.5 Å². The number of nitrogens with two attached hydrogens (primary N) is 1. The summed E-state index contributed by atoms with van der Waals surface area (Å²) in [6.07, 6.45) is 6.66. The highest BCUT2D eigenvalue weighted by atomic mass is 32.2. The number of sulfonamides is 1. The summed E-state index contributed by atoms with van der Waals surface area (Å²) in [5.74, 6) is 2.61. The molecule has 2 N–H and O–H groups in total. The lowest BCUT2D eigenvalue weighted by Gasteiger charge is -2.48. The molecule has 2 aromatic heterocycles. The number of carbonyl (C=O) groups excluding carboxylic acids is 1. The average Bonchev–Trinajstić information content (AvgIpc) is 3.63. The van der Waals surface area contributed by atoms with Gasteiger partial charge in [-0.3, -0.25) is 4.79 Å². The van der Waals surface area contributed by atoms with Crippen LogP contribution in [-0.2, 0) is 23.6 Å². The van der Waals surface area contributed by atoms with Crippen LogP contribution in [0.25, 0.3) is 33.5 Å². The first-order chi connectivity index (χ1) is 21.1. The van der Waals surface area contributed by atoms with Gasteiger partial charge in [-0.2, -0.15) is 0 Å². The number of ether oxygens (including phenoxy) is 1. The zero-order valence-electron chi connectivity index (χ0n) is 25.6. The van der Waals surface area contributed by atoms with E-state index in [1.165, 1.54) is 30.2 Å². The molecule has 10 nitrogen and oxygen atoms in total. The Morgan fingerprint density at radius 1 is 1.07 bits per heavy atom. The lowest BCUT2D eigenvalue weighted by Crippen LogP contribution is -2.58. The van der Waals surface area contributed by atoms with Gasteiger partial charge in [0.1, 0.15) is 11.3 Å². The molecule has 4 aromatic rings. The summed E-state index contributed by atoms with van der Waals surface area (Å²) in [5, 5.41) is 1.13. The highest BCUT2D eigenvalue weighted by Crippen LogP contribution is 2.42. The maximum absolute atomic E-state index is 13.8. The molecule has 0 radical (unpaired) electrons. The van der Waals surface area contributed by atoms with Crippen LogP contribution in [0.15, 0.2) is 36.4 Å². The van der Waals surface area contributed by atoms with Crippen LogP contribution in [0.4, 0.5) is 0 Å². The molecule has 9 rings (SSSR count). The predicted octanol–water partition coefficient (Wildman–Crippen LogP) is 3.92. The Balaban J connectivity index is 1.22. The maximum Gasteiger partial charge on any atom is 0.254 e. The van der Waals surface area contributed by atoms with Gasteiger partial charge in [-0.1, -0.05) is 18.2 Å². The molecule has 2 bridgehead atoms. The number of aromatic nitrogens is 3. The van der Waals surface area contributed by atoms with E-state index >= 15 is 0 Å². The molecule has 2 aliphatic carbocycles. The monoisotopic (exact) mass is 616 g/mol. The number of methoxy groups -OCH3 is 1. The molecule has 232 valence electrons. The number of imidazole rings is 1. The number of carbonyl (C=O) groups is 1. The van der Waals surface area contributed by atoms with E-state index in [-0.39, 0.29) is 23.9 Å². The van der Waals surface area contributed by atoms with Crippen molar-refractivity contribution in [2.75, 3.05) is 33.0 Å². The Morgan fingerprint density at radius 3 is 2.52 bits per heavy atom. The van der Waals surface area contributed by atoms with Crippen molar-refractivity contribution in [2.24, 2.45) is 24.6 Å². The van der Waals surface area contributed by atoms with E-state index in [4.69, 9.17) is 15.5 Å². The number of para-hydroxylation sites is 1. The Kier molecular flexibility index (Phi) is 6.42. The van der Waals surface area contributed by atoms with Gasteiger partial charge in [0.05, 0.1) is 30.1 Å². The molecule has 2 aromatic carbocycles. The fourth-order valence-corrected chi connectivity index (χ4v) is 8.81. The van der Waals surface area contributed by atoms with E-state index in [0.29, 0.717) is 42.8 Å². The smallest absolute Gasteiger partial charge is 0.254 e. The third-order valence-corrected chi connectivity index (χ3v) is 11.9. The lowest BCUT2D eigenvalue weighted by molar-refractivity contribution is 0.0261. The number of benzene rings is 2. The second-order valence-electron chi connectivity index (χ2n) is 13.5. The van der Waals surface area contributed by atoms with E-state index < -0.39 is 10.0 Å². The van der Waals surface area contributed by atoms with E-state index in [1.54, 1.807) is 11.4 Å². The highest BCUT2D eigenvalue weighted by Gasteiger charge is 2.41. The van der Waals surface area contributed by atoms with Crippen LogP contribution in [0, 0.1) is 11.8 Å². The van der Waals surface area contributed by atoms with Crippen LogP contribution >= 0.6 is 0 Å². The summed E-state index contributed by atoms with van der Waals surface area (Å²) in [4.78, 5) is 21.0. The first-order valence-corrected chi connectivity index (χ1v) is 17.6. The van der Waals surface area contributed by atoms with Gasteiger partial charge in [-0.25, -0.2) is 17.7 Å². The molecule has 1 amide bonds. The van der Waals surface area contributed by atoms with Gasteiger partial charge in [-0.05, 0) is 67.7 Å². The Morgan fingerprint density at radius 2 is 1.86 bits per heavy atom. The van der Waals surface area contributed by atoms with Crippen molar-refractivity contribution in [1.29, 1.82) is 0 Å². The number of fused-ring (bicyclic) bond motifs is 5. The fraction of sp³-hybridized carbons (Fsp3) is 0.515. The van der Waals surface area contributed by atoms with Gasteiger partial charge in [-0.15, -0.1) is 0 Å². The van der Waals surface area contributed by atoms with Gasteiger partial charge in [0.25, 0.3) is 5.91 Å².